The lowest BCUT2D eigenvalue weighted by Gasteiger charge is -2.31. The number of carboxylic acids is 1. The summed E-state index contributed by atoms with van der Waals surface area (Å²) in [5.41, 5.74) is 0.862. The number of hydrogen-bond donors (Lipinski definition) is 1. The molecule has 1 fully saturated rings. The molecule has 1 unspecified atom stereocenters. The van der Waals surface area contributed by atoms with Crippen molar-refractivity contribution in [2.45, 2.75) is 31.8 Å². The third-order valence-corrected chi connectivity index (χ3v) is 3.73. The van der Waals surface area contributed by atoms with E-state index in [9.17, 15) is 9.90 Å². The summed E-state index contributed by atoms with van der Waals surface area (Å²) in [7, 11) is 0. The second-order valence-electron chi connectivity index (χ2n) is 5.07. The molecule has 100 valence electrons. The Labute approximate surface area is 111 Å². The molecule has 0 spiro atoms. The molecule has 4 nitrogen and oxygen atoms in total. The molecule has 0 radical (unpaired) electrons. The van der Waals surface area contributed by atoms with E-state index >= 15 is 0 Å². The first-order valence-corrected chi connectivity index (χ1v) is 6.68. The van der Waals surface area contributed by atoms with Crippen LogP contribution in [0.5, 0.6) is 0 Å². The van der Waals surface area contributed by atoms with Crippen molar-refractivity contribution in [2.75, 3.05) is 6.54 Å². The summed E-state index contributed by atoms with van der Waals surface area (Å²) in [6.07, 6.45) is 2.78. The van der Waals surface area contributed by atoms with Crippen molar-refractivity contribution in [3.8, 4) is 0 Å². The van der Waals surface area contributed by atoms with E-state index < -0.39 is 5.97 Å². The van der Waals surface area contributed by atoms with Gasteiger partial charge >= 0.3 is 5.97 Å². The molecule has 1 N–H and O–H groups in total. The summed E-state index contributed by atoms with van der Waals surface area (Å²) in [6.45, 7) is 1.40. The van der Waals surface area contributed by atoms with E-state index in [1.165, 1.54) is 0 Å². The largest absolute Gasteiger partial charge is 0.480 e. The molecule has 19 heavy (non-hydrogen) atoms. The maximum Gasteiger partial charge on any atom is 0.320 e. The van der Waals surface area contributed by atoms with Crippen LogP contribution in [0.15, 0.2) is 34.7 Å². The first kappa shape index (κ1) is 12.2. The lowest BCUT2D eigenvalue weighted by molar-refractivity contribution is -0.144. The molecule has 4 heteroatoms. The van der Waals surface area contributed by atoms with Crippen LogP contribution in [0.4, 0.5) is 0 Å². The molecule has 1 aliphatic heterocycles. The van der Waals surface area contributed by atoms with Crippen LogP contribution < -0.4 is 0 Å². The van der Waals surface area contributed by atoms with E-state index in [1.807, 2.05) is 35.2 Å². The molecule has 3 rings (SSSR count). The number of aliphatic carboxylic acids is 1. The van der Waals surface area contributed by atoms with Crippen LogP contribution in [0.25, 0.3) is 11.0 Å². The van der Waals surface area contributed by atoms with Crippen LogP contribution in [0, 0.1) is 0 Å². The van der Waals surface area contributed by atoms with Gasteiger partial charge < -0.3 is 9.52 Å². The molecule has 2 heterocycles. The number of nitrogens with zero attached hydrogens (tertiary/aromatic N) is 1. The van der Waals surface area contributed by atoms with Gasteiger partial charge in [-0.1, -0.05) is 24.6 Å². The highest BCUT2D eigenvalue weighted by atomic mass is 16.4. The zero-order valence-electron chi connectivity index (χ0n) is 10.7. The number of piperidine rings is 1. The Morgan fingerprint density at radius 2 is 2.21 bits per heavy atom. The second kappa shape index (κ2) is 5.05. The summed E-state index contributed by atoms with van der Waals surface area (Å²) in [5, 5.41) is 10.3. The predicted octanol–water partition coefficient (Wildman–Crippen LogP) is 2.87. The zero-order chi connectivity index (χ0) is 13.2. The van der Waals surface area contributed by atoms with Gasteiger partial charge in [-0.25, -0.2) is 0 Å². The lowest BCUT2D eigenvalue weighted by atomic mass is 10.0. The minimum absolute atomic E-state index is 0.373. The van der Waals surface area contributed by atoms with Gasteiger partial charge in [0.2, 0.25) is 0 Å². The van der Waals surface area contributed by atoms with Crippen molar-refractivity contribution >= 4 is 16.9 Å². The first-order valence-electron chi connectivity index (χ1n) is 6.68. The highest BCUT2D eigenvalue weighted by Gasteiger charge is 2.28. The quantitative estimate of drug-likeness (QED) is 0.920. The third-order valence-electron chi connectivity index (χ3n) is 3.73. The van der Waals surface area contributed by atoms with E-state index in [0.29, 0.717) is 6.54 Å². The Kier molecular flexibility index (Phi) is 3.25. The first-order chi connectivity index (χ1) is 9.24. The summed E-state index contributed by atoms with van der Waals surface area (Å²) in [4.78, 5) is 13.3. The Morgan fingerprint density at radius 3 is 3.00 bits per heavy atom. The highest BCUT2D eigenvalue weighted by molar-refractivity contribution is 5.77. The van der Waals surface area contributed by atoms with Gasteiger partial charge in [0.25, 0.3) is 0 Å². The van der Waals surface area contributed by atoms with Crippen LogP contribution >= 0.6 is 0 Å². The van der Waals surface area contributed by atoms with Gasteiger partial charge in [0.15, 0.2) is 0 Å². The Morgan fingerprint density at radius 1 is 1.37 bits per heavy atom. The average Bonchev–Trinajstić information content (AvgIpc) is 2.81. The van der Waals surface area contributed by atoms with Crippen molar-refractivity contribution in [3.05, 3.63) is 36.1 Å². The molecule has 2 aromatic rings. The van der Waals surface area contributed by atoms with Crippen molar-refractivity contribution in [1.82, 2.24) is 4.90 Å². The van der Waals surface area contributed by atoms with Crippen molar-refractivity contribution in [1.29, 1.82) is 0 Å². The molecule has 1 aliphatic rings. The van der Waals surface area contributed by atoms with Crippen LogP contribution in [0.2, 0.25) is 0 Å². The third kappa shape index (κ3) is 2.49. The molecule has 1 aromatic heterocycles. The lowest BCUT2D eigenvalue weighted by Crippen LogP contribution is -2.43. The molecule has 1 atom stereocenters. The average molecular weight is 259 g/mol. The number of likely N-dealkylation sites (tertiary alicyclic amines) is 1. The maximum absolute atomic E-state index is 11.3. The fourth-order valence-electron chi connectivity index (χ4n) is 2.77. The standard InChI is InChI=1S/C15H17NO3/c17-15(18)13-6-3-4-8-16(13)10-12-9-11-5-1-2-7-14(11)19-12/h1-2,5,7,9,13H,3-4,6,8,10H2,(H,17,18). The van der Waals surface area contributed by atoms with E-state index in [4.69, 9.17) is 4.42 Å². The minimum Gasteiger partial charge on any atom is -0.480 e. The summed E-state index contributed by atoms with van der Waals surface area (Å²) < 4.78 is 5.76. The number of fused-ring (bicyclic) bond motifs is 1. The highest BCUT2D eigenvalue weighted by Crippen LogP contribution is 2.24. The van der Waals surface area contributed by atoms with E-state index in [0.717, 1.165) is 42.5 Å². The Hall–Kier alpha value is -1.81. The van der Waals surface area contributed by atoms with Gasteiger partial charge in [0, 0.05) is 5.39 Å². The normalized spacial score (nSPS) is 20.7. The molecule has 1 aromatic carbocycles. The summed E-state index contributed by atoms with van der Waals surface area (Å²) in [6, 6.07) is 9.49. The number of furan rings is 1. The van der Waals surface area contributed by atoms with Gasteiger partial charge in [0.1, 0.15) is 17.4 Å². The smallest absolute Gasteiger partial charge is 0.320 e. The zero-order valence-corrected chi connectivity index (χ0v) is 10.7. The molecule has 0 aliphatic carbocycles. The van der Waals surface area contributed by atoms with Gasteiger partial charge in [-0.15, -0.1) is 0 Å². The summed E-state index contributed by atoms with van der Waals surface area (Å²) >= 11 is 0. The number of rotatable bonds is 3. The molecule has 0 saturated carbocycles. The number of carbonyl (C=O) groups is 1. The molecular weight excluding hydrogens is 242 g/mol. The predicted molar refractivity (Wildman–Crippen MR) is 71.9 cm³/mol. The van der Waals surface area contributed by atoms with Crippen molar-refractivity contribution in [3.63, 3.8) is 0 Å². The van der Waals surface area contributed by atoms with E-state index in [1.54, 1.807) is 0 Å². The van der Waals surface area contributed by atoms with Crippen LogP contribution in [0.3, 0.4) is 0 Å². The van der Waals surface area contributed by atoms with Crippen LogP contribution in [-0.2, 0) is 11.3 Å². The Bertz CT molecular complexity index is 557. The maximum atomic E-state index is 11.3. The molecule has 1 saturated heterocycles. The second-order valence-corrected chi connectivity index (χ2v) is 5.07. The monoisotopic (exact) mass is 259 g/mol. The molecule has 0 amide bonds. The summed E-state index contributed by atoms with van der Waals surface area (Å²) in [5.74, 6) is 0.116. The van der Waals surface area contributed by atoms with Gasteiger partial charge in [-0.2, -0.15) is 0 Å². The van der Waals surface area contributed by atoms with Gasteiger partial charge in [-0.05, 0) is 31.5 Å². The van der Waals surface area contributed by atoms with Crippen LogP contribution in [-0.4, -0.2) is 28.6 Å². The fourth-order valence-corrected chi connectivity index (χ4v) is 2.77. The SMILES string of the molecule is O=C(O)C1CCCCN1Cc1cc2ccccc2o1. The molecular formula is C15H17NO3. The topological polar surface area (TPSA) is 53.7 Å². The number of para-hydroxylation sites is 1. The number of benzene rings is 1. The van der Waals surface area contributed by atoms with E-state index in [-0.39, 0.29) is 6.04 Å². The number of carboxylic acid groups (broad SMARTS) is 1. The van der Waals surface area contributed by atoms with Crippen molar-refractivity contribution in [2.24, 2.45) is 0 Å². The fraction of sp³-hybridized carbons (Fsp3) is 0.400. The van der Waals surface area contributed by atoms with Crippen LogP contribution in [0.1, 0.15) is 25.0 Å². The number of hydrogen-bond acceptors (Lipinski definition) is 3. The Balaban J connectivity index is 1.80. The minimum atomic E-state index is -0.726. The van der Waals surface area contributed by atoms with Gasteiger partial charge in [-0.3, -0.25) is 9.69 Å². The molecule has 0 bridgehead atoms. The van der Waals surface area contributed by atoms with Crippen molar-refractivity contribution < 1.29 is 14.3 Å². The van der Waals surface area contributed by atoms with Gasteiger partial charge in [0.05, 0.1) is 6.54 Å². The van der Waals surface area contributed by atoms with E-state index in [2.05, 4.69) is 0 Å².